The summed E-state index contributed by atoms with van der Waals surface area (Å²) >= 11 is 0. The largest absolute Gasteiger partial charge is 0.393 e. The molecule has 1 rings (SSSR count). The Bertz CT molecular complexity index is 133. The highest BCUT2D eigenvalue weighted by Crippen LogP contribution is 2.29. The van der Waals surface area contributed by atoms with Gasteiger partial charge in [0.15, 0.2) is 0 Å². The Hall–Kier alpha value is -0.0400. The van der Waals surface area contributed by atoms with Gasteiger partial charge >= 0.3 is 0 Å². The van der Waals surface area contributed by atoms with E-state index in [0.717, 1.165) is 18.8 Å². The van der Waals surface area contributed by atoms with Gasteiger partial charge in [-0.05, 0) is 25.2 Å². The Morgan fingerprint density at radius 3 is 2.36 bits per heavy atom. The molecule has 1 N–H and O–H groups in total. The van der Waals surface area contributed by atoms with Crippen LogP contribution in [0.5, 0.6) is 0 Å². The van der Waals surface area contributed by atoms with Gasteiger partial charge in [-0.1, -0.05) is 51.9 Å². The van der Waals surface area contributed by atoms with Crippen molar-refractivity contribution in [2.24, 2.45) is 5.92 Å². The molecular weight excluding hydrogens is 172 g/mol. The molecule has 1 fully saturated rings. The van der Waals surface area contributed by atoms with E-state index in [1.807, 2.05) is 0 Å². The molecule has 0 spiro atoms. The van der Waals surface area contributed by atoms with Crippen molar-refractivity contribution in [3.05, 3.63) is 0 Å². The van der Waals surface area contributed by atoms with Crippen LogP contribution >= 0.6 is 0 Å². The van der Waals surface area contributed by atoms with E-state index in [4.69, 9.17) is 0 Å². The van der Waals surface area contributed by atoms with E-state index >= 15 is 0 Å². The molecule has 2 unspecified atom stereocenters. The zero-order valence-electron chi connectivity index (χ0n) is 9.67. The van der Waals surface area contributed by atoms with Gasteiger partial charge in [-0.25, -0.2) is 0 Å². The van der Waals surface area contributed by atoms with Gasteiger partial charge in [-0.3, -0.25) is 0 Å². The molecule has 0 aromatic carbocycles. The van der Waals surface area contributed by atoms with Crippen LogP contribution in [0.2, 0.25) is 0 Å². The van der Waals surface area contributed by atoms with E-state index in [1.165, 1.54) is 51.4 Å². The second-order valence-corrected chi connectivity index (χ2v) is 4.89. The third-order valence-electron chi connectivity index (χ3n) is 3.48. The van der Waals surface area contributed by atoms with Gasteiger partial charge in [-0.15, -0.1) is 0 Å². The van der Waals surface area contributed by atoms with E-state index in [9.17, 15) is 5.11 Å². The van der Waals surface area contributed by atoms with Crippen LogP contribution in [0.4, 0.5) is 0 Å². The summed E-state index contributed by atoms with van der Waals surface area (Å²) in [5.74, 6) is 0.844. The molecule has 0 radical (unpaired) electrons. The van der Waals surface area contributed by atoms with Crippen LogP contribution in [0.25, 0.3) is 0 Å². The summed E-state index contributed by atoms with van der Waals surface area (Å²) in [6.45, 7) is 2.26. The van der Waals surface area contributed by atoms with E-state index in [0.29, 0.717) is 0 Å². The van der Waals surface area contributed by atoms with Gasteiger partial charge in [0.25, 0.3) is 0 Å². The highest BCUT2D eigenvalue weighted by molar-refractivity contribution is 4.74. The number of aliphatic hydroxyl groups is 1. The molecule has 0 aliphatic heterocycles. The number of aliphatic hydroxyl groups excluding tert-OH is 1. The van der Waals surface area contributed by atoms with Crippen LogP contribution in [-0.4, -0.2) is 11.2 Å². The van der Waals surface area contributed by atoms with Crippen molar-refractivity contribution >= 4 is 0 Å². The van der Waals surface area contributed by atoms with E-state index in [-0.39, 0.29) is 6.10 Å². The smallest absolute Gasteiger partial charge is 0.0543 e. The van der Waals surface area contributed by atoms with Crippen molar-refractivity contribution in [1.29, 1.82) is 0 Å². The van der Waals surface area contributed by atoms with Crippen LogP contribution in [0.3, 0.4) is 0 Å². The number of hydrogen-bond acceptors (Lipinski definition) is 1. The van der Waals surface area contributed by atoms with Gasteiger partial charge in [0.1, 0.15) is 0 Å². The van der Waals surface area contributed by atoms with E-state index in [1.54, 1.807) is 0 Å². The molecule has 0 heterocycles. The van der Waals surface area contributed by atoms with Gasteiger partial charge in [0.2, 0.25) is 0 Å². The molecule has 0 saturated heterocycles. The lowest BCUT2D eigenvalue weighted by Crippen LogP contribution is -2.00. The van der Waals surface area contributed by atoms with Crippen molar-refractivity contribution < 1.29 is 5.11 Å². The zero-order valence-corrected chi connectivity index (χ0v) is 9.67. The molecule has 0 aromatic heterocycles. The number of rotatable bonds is 7. The lowest BCUT2D eigenvalue weighted by molar-refractivity contribution is 0.176. The molecular formula is C13H26O. The maximum absolute atomic E-state index is 9.37. The lowest BCUT2D eigenvalue weighted by atomic mass is 9.99. The maximum atomic E-state index is 9.37. The first kappa shape index (κ1) is 12.0. The minimum absolute atomic E-state index is 0.0279. The quantitative estimate of drug-likeness (QED) is 0.615. The van der Waals surface area contributed by atoms with Crippen LogP contribution in [0.15, 0.2) is 0 Å². The zero-order chi connectivity index (χ0) is 10.2. The van der Waals surface area contributed by atoms with Crippen molar-refractivity contribution in [2.45, 2.75) is 77.2 Å². The first-order chi connectivity index (χ1) is 6.83. The van der Waals surface area contributed by atoms with Crippen molar-refractivity contribution in [2.75, 3.05) is 0 Å². The molecule has 84 valence electrons. The second kappa shape index (κ2) is 7.28. The molecule has 2 atom stereocenters. The predicted molar refractivity (Wildman–Crippen MR) is 61.3 cm³/mol. The normalized spacial score (nSPS) is 27.0. The monoisotopic (exact) mass is 198 g/mol. The Balaban J connectivity index is 1.84. The van der Waals surface area contributed by atoms with Crippen LogP contribution in [0.1, 0.15) is 71.1 Å². The van der Waals surface area contributed by atoms with Crippen LogP contribution in [0, 0.1) is 5.92 Å². The van der Waals surface area contributed by atoms with Crippen LogP contribution < -0.4 is 0 Å². The summed E-state index contributed by atoms with van der Waals surface area (Å²) in [6.07, 6.45) is 13.2. The first-order valence-corrected chi connectivity index (χ1v) is 6.51. The predicted octanol–water partition coefficient (Wildman–Crippen LogP) is 3.90. The molecule has 1 saturated carbocycles. The fourth-order valence-electron chi connectivity index (χ4n) is 2.52. The summed E-state index contributed by atoms with van der Waals surface area (Å²) in [6, 6.07) is 0. The van der Waals surface area contributed by atoms with Gasteiger partial charge in [0, 0.05) is 0 Å². The fourth-order valence-corrected chi connectivity index (χ4v) is 2.52. The maximum Gasteiger partial charge on any atom is 0.0543 e. The SMILES string of the molecule is CCCCCCCCC1CCC(O)C1. The summed E-state index contributed by atoms with van der Waals surface area (Å²) in [4.78, 5) is 0. The molecule has 1 aliphatic carbocycles. The Labute approximate surface area is 88.9 Å². The van der Waals surface area contributed by atoms with Crippen molar-refractivity contribution in [3.63, 3.8) is 0 Å². The van der Waals surface area contributed by atoms with Crippen LogP contribution in [-0.2, 0) is 0 Å². The van der Waals surface area contributed by atoms with Crippen molar-refractivity contribution in [1.82, 2.24) is 0 Å². The Morgan fingerprint density at radius 1 is 1.00 bits per heavy atom. The van der Waals surface area contributed by atoms with Gasteiger partial charge < -0.3 is 5.11 Å². The van der Waals surface area contributed by atoms with Crippen molar-refractivity contribution in [3.8, 4) is 0 Å². The lowest BCUT2D eigenvalue weighted by Gasteiger charge is -2.08. The Kier molecular flexibility index (Phi) is 6.25. The summed E-state index contributed by atoms with van der Waals surface area (Å²) in [5, 5.41) is 9.37. The summed E-state index contributed by atoms with van der Waals surface area (Å²) in [5.41, 5.74) is 0. The molecule has 0 amide bonds. The van der Waals surface area contributed by atoms with E-state index < -0.39 is 0 Å². The fraction of sp³-hybridized carbons (Fsp3) is 1.00. The third-order valence-corrected chi connectivity index (χ3v) is 3.48. The molecule has 1 aliphatic rings. The topological polar surface area (TPSA) is 20.2 Å². The van der Waals surface area contributed by atoms with E-state index in [2.05, 4.69) is 6.92 Å². The third kappa shape index (κ3) is 4.99. The highest BCUT2D eigenvalue weighted by atomic mass is 16.3. The molecule has 0 aromatic rings. The first-order valence-electron chi connectivity index (χ1n) is 6.51. The molecule has 1 heteroatoms. The number of unbranched alkanes of at least 4 members (excludes halogenated alkanes) is 5. The minimum atomic E-state index is 0.0279. The minimum Gasteiger partial charge on any atom is -0.393 e. The molecule has 14 heavy (non-hydrogen) atoms. The molecule has 1 nitrogen and oxygen atoms in total. The summed E-state index contributed by atoms with van der Waals surface area (Å²) in [7, 11) is 0. The average molecular weight is 198 g/mol. The number of hydrogen-bond donors (Lipinski definition) is 1. The summed E-state index contributed by atoms with van der Waals surface area (Å²) < 4.78 is 0. The second-order valence-electron chi connectivity index (χ2n) is 4.89. The molecule has 0 bridgehead atoms. The highest BCUT2D eigenvalue weighted by Gasteiger charge is 2.21. The average Bonchev–Trinajstić information content (AvgIpc) is 2.58. The van der Waals surface area contributed by atoms with Gasteiger partial charge in [-0.2, -0.15) is 0 Å². The Morgan fingerprint density at radius 2 is 1.71 bits per heavy atom. The van der Waals surface area contributed by atoms with Gasteiger partial charge in [0.05, 0.1) is 6.10 Å². The standard InChI is InChI=1S/C13H26O/c1-2-3-4-5-6-7-8-12-9-10-13(14)11-12/h12-14H,2-11H2,1H3.